The summed E-state index contributed by atoms with van der Waals surface area (Å²) in [6, 6.07) is 0. The third-order valence-electron chi connectivity index (χ3n) is 3.99. The Morgan fingerprint density at radius 3 is 2.33 bits per heavy atom. The maximum absolute atomic E-state index is 6.19. The van der Waals surface area contributed by atoms with Gasteiger partial charge >= 0.3 is 0 Å². The molecule has 0 aromatic rings. The highest BCUT2D eigenvalue weighted by Gasteiger charge is 2.36. The van der Waals surface area contributed by atoms with Gasteiger partial charge in [-0.25, -0.2) is 0 Å². The van der Waals surface area contributed by atoms with E-state index in [1.165, 1.54) is 23.7 Å². The van der Waals surface area contributed by atoms with Crippen molar-refractivity contribution in [3.63, 3.8) is 0 Å². The first-order valence-corrected chi connectivity index (χ1v) is 11.5. The molecule has 0 spiro atoms. The zero-order chi connectivity index (χ0) is 14.2. The molecule has 0 fully saturated rings. The van der Waals surface area contributed by atoms with Crippen molar-refractivity contribution in [3.05, 3.63) is 12.7 Å². The Hall–Kier alpha value is 0.647. The fraction of sp³-hybridized carbons (Fsp3) is 0.867. The van der Waals surface area contributed by atoms with E-state index in [2.05, 4.69) is 69.1 Å². The molecule has 0 aromatic carbocycles. The van der Waals surface area contributed by atoms with Crippen LogP contribution in [0.5, 0.6) is 0 Å². The van der Waals surface area contributed by atoms with Crippen molar-refractivity contribution in [3.8, 4) is 0 Å². The lowest BCUT2D eigenvalue weighted by Gasteiger charge is -2.36. The monoisotopic (exact) mass is 382 g/mol. The van der Waals surface area contributed by atoms with Crippen LogP contribution in [0.1, 0.15) is 46.5 Å². The summed E-state index contributed by atoms with van der Waals surface area (Å²) in [7, 11) is -1.52. The summed E-state index contributed by atoms with van der Waals surface area (Å²) < 4.78 is 7.43. The average molecular weight is 382 g/mol. The SMILES string of the molecule is C=CC[C@@H](CI)CCCCO[Si](C)(C)C(C)(C)C. The Bertz CT molecular complexity index is 233. The van der Waals surface area contributed by atoms with Crippen LogP contribution in [0.25, 0.3) is 0 Å². The summed E-state index contributed by atoms with van der Waals surface area (Å²) >= 11 is 2.49. The van der Waals surface area contributed by atoms with Gasteiger partial charge in [0.25, 0.3) is 0 Å². The van der Waals surface area contributed by atoms with Crippen LogP contribution in [0.4, 0.5) is 0 Å². The molecule has 1 nitrogen and oxygen atoms in total. The third-order valence-corrected chi connectivity index (χ3v) is 9.78. The highest BCUT2D eigenvalue weighted by molar-refractivity contribution is 14.1. The molecule has 0 rings (SSSR count). The molecule has 0 aliphatic carbocycles. The molecule has 0 aliphatic rings. The molecule has 0 aliphatic heterocycles. The number of halogens is 1. The van der Waals surface area contributed by atoms with Crippen LogP contribution in [0.15, 0.2) is 12.7 Å². The van der Waals surface area contributed by atoms with Crippen molar-refractivity contribution in [2.45, 2.75) is 64.6 Å². The second-order valence-electron chi connectivity index (χ2n) is 6.65. The summed E-state index contributed by atoms with van der Waals surface area (Å²) in [5, 5.41) is 0.334. The van der Waals surface area contributed by atoms with Gasteiger partial charge in [0.1, 0.15) is 0 Å². The molecule has 0 amide bonds. The van der Waals surface area contributed by atoms with Crippen molar-refractivity contribution in [2.75, 3.05) is 11.0 Å². The molecular formula is C15H31IOSi. The molecule has 1 atom stereocenters. The lowest BCUT2D eigenvalue weighted by Crippen LogP contribution is -2.40. The number of alkyl halides is 1. The number of rotatable bonds is 9. The predicted molar refractivity (Wildman–Crippen MR) is 94.2 cm³/mol. The van der Waals surface area contributed by atoms with Gasteiger partial charge in [0, 0.05) is 11.0 Å². The molecule has 0 bridgehead atoms. The van der Waals surface area contributed by atoms with E-state index in [0.717, 1.165) is 18.9 Å². The minimum Gasteiger partial charge on any atom is -0.417 e. The zero-order valence-electron chi connectivity index (χ0n) is 12.9. The van der Waals surface area contributed by atoms with Crippen molar-refractivity contribution in [2.24, 2.45) is 5.92 Å². The van der Waals surface area contributed by atoms with Crippen LogP contribution in [-0.4, -0.2) is 19.4 Å². The maximum Gasteiger partial charge on any atom is 0.191 e. The van der Waals surface area contributed by atoms with Crippen LogP contribution in [-0.2, 0) is 4.43 Å². The van der Waals surface area contributed by atoms with Crippen LogP contribution >= 0.6 is 22.6 Å². The highest BCUT2D eigenvalue weighted by Crippen LogP contribution is 2.36. The number of hydrogen-bond donors (Lipinski definition) is 0. The van der Waals surface area contributed by atoms with Gasteiger partial charge in [-0.2, -0.15) is 0 Å². The Balaban J connectivity index is 3.77. The van der Waals surface area contributed by atoms with E-state index in [9.17, 15) is 0 Å². The number of hydrogen-bond acceptors (Lipinski definition) is 1. The van der Waals surface area contributed by atoms with Crippen molar-refractivity contribution < 1.29 is 4.43 Å². The lowest BCUT2D eigenvalue weighted by atomic mass is 10.0. The molecule has 0 saturated carbocycles. The van der Waals surface area contributed by atoms with Crippen LogP contribution in [0.2, 0.25) is 18.1 Å². The van der Waals surface area contributed by atoms with E-state index in [1.54, 1.807) is 0 Å². The third kappa shape index (κ3) is 7.29. The molecule has 0 heterocycles. The standard InChI is InChI=1S/C15H31IOSi/c1-7-10-14(13-16)11-8-9-12-17-18(5,6)15(2,3)4/h7,14H,1,8-13H2,2-6H3/t14-/m1/s1. The Morgan fingerprint density at radius 1 is 1.28 bits per heavy atom. The molecule has 0 unspecified atom stereocenters. The quantitative estimate of drug-likeness (QED) is 0.161. The predicted octanol–water partition coefficient (Wildman–Crippen LogP) is 5.81. The van der Waals surface area contributed by atoms with Gasteiger partial charge < -0.3 is 4.43 Å². The van der Waals surface area contributed by atoms with E-state index in [1.807, 2.05) is 0 Å². The Kier molecular flexibility index (Phi) is 9.06. The van der Waals surface area contributed by atoms with E-state index in [-0.39, 0.29) is 0 Å². The first kappa shape index (κ1) is 18.6. The van der Waals surface area contributed by atoms with Gasteiger partial charge in [-0.3, -0.25) is 0 Å². The first-order valence-electron chi connectivity index (χ1n) is 7.05. The smallest absolute Gasteiger partial charge is 0.191 e. The normalized spacial score (nSPS) is 14.6. The first-order chi connectivity index (χ1) is 8.24. The molecule has 0 N–H and O–H groups in total. The minimum atomic E-state index is -1.52. The zero-order valence-corrected chi connectivity index (χ0v) is 16.0. The Labute approximate surface area is 129 Å². The van der Waals surface area contributed by atoms with E-state index in [0.29, 0.717) is 5.04 Å². The Morgan fingerprint density at radius 2 is 1.89 bits per heavy atom. The summed E-state index contributed by atoms with van der Waals surface area (Å²) in [4.78, 5) is 0. The molecule has 18 heavy (non-hydrogen) atoms. The van der Waals surface area contributed by atoms with Gasteiger partial charge in [-0.05, 0) is 43.3 Å². The minimum absolute atomic E-state index is 0.334. The molecule has 0 saturated heterocycles. The highest BCUT2D eigenvalue weighted by atomic mass is 127. The molecule has 0 radical (unpaired) electrons. The summed E-state index contributed by atoms with van der Waals surface area (Å²) in [6.45, 7) is 16.3. The molecule has 0 aromatic heterocycles. The summed E-state index contributed by atoms with van der Waals surface area (Å²) in [5.41, 5.74) is 0. The second kappa shape index (κ2) is 8.75. The fourth-order valence-electron chi connectivity index (χ4n) is 1.57. The number of allylic oxidation sites excluding steroid dienone is 1. The van der Waals surface area contributed by atoms with Crippen LogP contribution in [0.3, 0.4) is 0 Å². The van der Waals surface area contributed by atoms with Gasteiger partial charge in [0.05, 0.1) is 0 Å². The maximum atomic E-state index is 6.19. The topological polar surface area (TPSA) is 9.23 Å². The average Bonchev–Trinajstić information content (AvgIpc) is 2.25. The van der Waals surface area contributed by atoms with Crippen LogP contribution in [0, 0.1) is 5.92 Å². The molecule has 108 valence electrons. The van der Waals surface area contributed by atoms with Crippen LogP contribution < -0.4 is 0 Å². The summed E-state index contributed by atoms with van der Waals surface area (Å²) in [5.74, 6) is 0.816. The molecular weight excluding hydrogens is 351 g/mol. The van der Waals surface area contributed by atoms with Gasteiger partial charge in [-0.1, -0.05) is 55.9 Å². The summed E-state index contributed by atoms with van der Waals surface area (Å²) in [6.07, 6.45) is 7.02. The van der Waals surface area contributed by atoms with E-state index in [4.69, 9.17) is 4.43 Å². The largest absolute Gasteiger partial charge is 0.417 e. The van der Waals surface area contributed by atoms with Gasteiger partial charge in [0.15, 0.2) is 8.32 Å². The van der Waals surface area contributed by atoms with Gasteiger partial charge in [-0.15, -0.1) is 6.58 Å². The second-order valence-corrected chi connectivity index (χ2v) is 12.3. The van der Waals surface area contributed by atoms with Crippen molar-refractivity contribution >= 4 is 30.9 Å². The van der Waals surface area contributed by atoms with E-state index >= 15 is 0 Å². The van der Waals surface area contributed by atoms with Crippen molar-refractivity contribution in [1.82, 2.24) is 0 Å². The lowest BCUT2D eigenvalue weighted by molar-refractivity contribution is 0.274. The van der Waals surface area contributed by atoms with Gasteiger partial charge in [0.2, 0.25) is 0 Å². The van der Waals surface area contributed by atoms with Crippen molar-refractivity contribution in [1.29, 1.82) is 0 Å². The molecule has 3 heteroatoms. The van der Waals surface area contributed by atoms with E-state index < -0.39 is 8.32 Å². The number of unbranched alkanes of at least 4 members (excludes halogenated alkanes) is 1. The fourth-order valence-corrected chi connectivity index (χ4v) is 3.46.